The molecule has 0 aromatic carbocycles. The van der Waals surface area contributed by atoms with Crippen molar-refractivity contribution in [3.8, 4) is 0 Å². The summed E-state index contributed by atoms with van der Waals surface area (Å²) in [6, 6.07) is 0. The number of nitrogens with zero attached hydrogens (tertiary/aromatic N) is 2. The van der Waals surface area contributed by atoms with E-state index in [4.69, 9.17) is 5.73 Å². The molecular weight excluding hydrogens is 238 g/mol. The molecule has 0 bridgehead atoms. The molecule has 0 atom stereocenters. The highest BCUT2D eigenvalue weighted by atomic mass is 16.2. The standard InChI is InChI=1S/C15H29N3O/c1-2-9-18(15(13-16)7-3-4-8-15)12-14(19)17-10-5-6-11-17/h2-13,16H2,1H3. The molecule has 4 nitrogen and oxygen atoms in total. The molecule has 0 radical (unpaired) electrons. The number of carbonyl (C=O) groups excluding carboxylic acids is 1. The zero-order valence-corrected chi connectivity index (χ0v) is 12.4. The summed E-state index contributed by atoms with van der Waals surface area (Å²) in [5.74, 6) is 0.311. The summed E-state index contributed by atoms with van der Waals surface area (Å²) in [6.07, 6.45) is 8.27. The van der Waals surface area contributed by atoms with Crippen LogP contribution in [0.25, 0.3) is 0 Å². The smallest absolute Gasteiger partial charge is 0.236 e. The third kappa shape index (κ3) is 3.29. The molecule has 1 saturated carbocycles. The highest BCUT2D eigenvalue weighted by Crippen LogP contribution is 2.34. The highest BCUT2D eigenvalue weighted by Gasteiger charge is 2.39. The van der Waals surface area contributed by atoms with Gasteiger partial charge in [0.25, 0.3) is 0 Å². The Bertz CT molecular complexity index is 294. The second-order valence-corrected chi connectivity index (χ2v) is 6.15. The Morgan fingerprint density at radius 3 is 2.37 bits per heavy atom. The minimum Gasteiger partial charge on any atom is -0.342 e. The van der Waals surface area contributed by atoms with E-state index in [0.29, 0.717) is 19.0 Å². The van der Waals surface area contributed by atoms with Crippen molar-refractivity contribution in [2.45, 2.75) is 57.4 Å². The largest absolute Gasteiger partial charge is 0.342 e. The maximum atomic E-state index is 12.4. The van der Waals surface area contributed by atoms with Crippen LogP contribution in [0.1, 0.15) is 51.9 Å². The van der Waals surface area contributed by atoms with Crippen LogP contribution in [-0.2, 0) is 4.79 Å². The van der Waals surface area contributed by atoms with E-state index in [1.807, 2.05) is 4.90 Å². The van der Waals surface area contributed by atoms with Gasteiger partial charge in [0.2, 0.25) is 5.91 Å². The number of carbonyl (C=O) groups is 1. The summed E-state index contributed by atoms with van der Waals surface area (Å²) < 4.78 is 0. The van der Waals surface area contributed by atoms with Crippen LogP contribution in [-0.4, -0.2) is 54.0 Å². The van der Waals surface area contributed by atoms with Crippen molar-refractivity contribution in [1.29, 1.82) is 0 Å². The fourth-order valence-electron chi connectivity index (χ4n) is 3.67. The average molecular weight is 267 g/mol. The van der Waals surface area contributed by atoms with Gasteiger partial charge in [-0.25, -0.2) is 0 Å². The van der Waals surface area contributed by atoms with E-state index in [9.17, 15) is 4.79 Å². The number of amides is 1. The van der Waals surface area contributed by atoms with E-state index < -0.39 is 0 Å². The maximum absolute atomic E-state index is 12.4. The molecule has 2 N–H and O–H groups in total. The van der Waals surface area contributed by atoms with Crippen LogP contribution in [0.2, 0.25) is 0 Å². The molecule has 110 valence electrons. The molecule has 1 heterocycles. The minimum atomic E-state index is 0.103. The van der Waals surface area contributed by atoms with Gasteiger partial charge in [0.05, 0.1) is 6.54 Å². The van der Waals surface area contributed by atoms with Crippen LogP contribution in [0, 0.1) is 0 Å². The van der Waals surface area contributed by atoms with Crippen molar-refractivity contribution in [3.63, 3.8) is 0 Å². The fourth-order valence-corrected chi connectivity index (χ4v) is 3.67. The fraction of sp³-hybridized carbons (Fsp3) is 0.933. The molecule has 0 spiro atoms. The molecule has 19 heavy (non-hydrogen) atoms. The first-order valence-corrected chi connectivity index (χ1v) is 7.95. The lowest BCUT2D eigenvalue weighted by Gasteiger charge is -2.41. The molecule has 2 aliphatic rings. The van der Waals surface area contributed by atoms with Crippen LogP contribution in [0.4, 0.5) is 0 Å². The van der Waals surface area contributed by atoms with Crippen LogP contribution in [0.5, 0.6) is 0 Å². The second-order valence-electron chi connectivity index (χ2n) is 6.15. The van der Waals surface area contributed by atoms with Crippen molar-refractivity contribution in [2.24, 2.45) is 5.73 Å². The Morgan fingerprint density at radius 1 is 1.21 bits per heavy atom. The average Bonchev–Trinajstić information content (AvgIpc) is 3.10. The Morgan fingerprint density at radius 2 is 1.84 bits per heavy atom. The molecule has 4 heteroatoms. The number of hydrogen-bond donors (Lipinski definition) is 1. The minimum absolute atomic E-state index is 0.103. The van der Waals surface area contributed by atoms with Crippen molar-refractivity contribution in [2.75, 3.05) is 32.7 Å². The molecule has 0 unspecified atom stereocenters. The van der Waals surface area contributed by atoms with Gasteiger partial charge >= 0.3 is 0 Å². The molecule has 2 fully saturated rings. The van der Waals surface area contributed by atoms with Gasteiger partial charge in [-0.05, 0) is 38.6 Å². The first-order chi connectivity index (χ1) is 9.22. The Kier molecular flexibility index (Phi) is 5.22. The summed E-state index contributed by atoms with van der Waals surface area (Å²) in [5, 5.41) is 0. The number of likely N-dealkylation sites (tertiary alicyclic amines) is 1. The zero-order valence-electron chi connectivity index (χ0n) is 12.4. The van der Waals surface area contributed by atoms with Crippen molar-refractivity contribution in [1.82, 2.24) is 9.80 Å². The SMILES string of the molecule is CCCN(CC(=O)N1CCCC1)C1(CN)CCCC1. The van der Waals surface area contributed by atoms with Gasteiger partial charge in [-0.15, -0.1) is 0 Å². The van der Waals surface area contributed by atoms with Gasteiger partial charge in [0.1, 0.15) is 0 Å². The van der Waals surface area contributed by atoms with Gasteiger partial charge < -0.3 is 10.6 Å². The molecule has 1 saturated heterocycles. The van der Waals surface area contributed by atoms with Gasteiger partial charge in [-0.3, -0.25) is 9.69 Å². The molecule has 0 aromatic rings. The van der Waals surface area contributed by atoms with Crippen LogP contribution < -0.4 is 5.73 Å². The van der Waals surface area contributed by atoms with Crippen LogP contribution >= 0.6 is 0 Å². The second kappa shape index (κ2) is 6.71. The molecule has 1 aliphatic heterocycles. The van der Waals surface area contributed by atoms with Gasteiger partial charge in [-0.1, -0.05) is 19.8 Å². The third-order valence-electron chi connectivity index (χ3n) is 4.86. The van der Waals surface area contributed by atoms with Crippen molar-refractivity contribution >= 4 is 5.91 Å². The third-order valence-corrected chi connectivity index (χ3v) is 4.86. The summed E-state index contributed by atoms with van der Waals surface area (Å²) in [7, 11) is 0. The monoisotopic (exact) mass is 267 g/mol. The Hall–Kier alpha value is -0.610. The normalized spacial score (nSPS) is 22.4. The quantitative estimate of drug-likeness (QED) is 0.795. The maximum Gasteiger partial charge on any atom is 0.236 e. The lowest BCUT2D eigenvalue weighted by Crippen LogP contribution is -2.55. The topological polar surface area (TPSA) is 49.6 Å². The molecular formula is C15H29N3O. The number of nitrogens with two attached hydrogens (primary N) is 1. The van der Waals surface area contributed by atoms with E-state index in [1.54, 1.807) is 0 Å². The predicted octanol–water partition coefficient (Wildman–Crippen LogP) is 1.59. The summed E-state index contributed by atoms with van der Waals surface area (Å²) in [5.41, 5.74) is 6.17. The summed E-state index contributed by atoms with van der Waals surface area (Å²) in [4.78, 5) is 16.8. The van der Waals surface area contributed by atoms with Gasteiger partial charge in [0, 0.05) is 25.2 Å². The first-order valence-electron chi connectivity index (χ1n) is 7.95. The molecule has 2 rings (SSSR count). The van der Waals surface area contributed by atoms with Gasteiger partial charge in [0.15, 0.2) is 0 Å². The Labute approximate surface area is 117 Å². The van der Waals surface area contributed by atoms with Crippen molar-refractivity contribution in [3.05, 3.63) is 0 Å². The summed E-state index contributed by atoms with van der Waals surface area (Å²) >= 11 is 0. The number of rotatable bonds is 6. The lowest BCUT2D eigenvalue weighted by molar-refractivity contribution is -0.133. The molecule has 0 aromatic heterocycles. The number of hydrogen-bond acceptors (Lipinski definition) is 3. The van der Waals surface area contributed by atoms with Crippen LogP contribution in [0.3, 0.4) is 0 Å². The van der Waals surface area contributed by atoms with E-state index in [1.165, 1.54) is 25.7 Å². The van der Waals surface area contributed by atoms with E-state index in [2.05, 4.69) is 11.8 Å². The van der Waals surface area contributed by atoms with Crippen LogP contribution in [0.15, 0.2) is 0 Å². The van der Waals surface area contributed by atoms with E-state index >= 15 is 0 Å². The van der Waals surface area contributed by atoms with Crippen molar-refractivity contribution < 1.29 is 4.79 Å². The lowest BCUT2D eigenvalue weighted by atomic mass is 9.94. The summed E-state index contributed by atoms with van der Waals surface area (Å²) in [6.45, 7) is 6.36. The van der Waals surface area contributed by atoms with E-state index in [0.717, 1.165) is 38.9 Å². The van der Waals surface area contributed by atoms with Gasteiger partial charge in [-0.2, -0.15) is 0 Å². The molecule has 1 amide bonds. The Balaban J connectivity index is 2.00. The molecule has 1 aliphatic carbocycles. The first kappa shape index (κ1) is 14.8. The zero-order chi connectivity index (χ0) is 13.7. The highest BCUT2D eigenvalue weighted by molar-refractivity contribution is 5.78. The predicted molar refractivity (Wildman–Crippen MR) is 77.9 cm³/mol. The van der Waals surface area contributed by atoms with E-state index in [-0.39, 0.29) is 5.54 Å².